The normalized spacial score (nSPS) is 11.9. The maximum atomic E-state index is 8.94. The zero-order valence-electron chi connectivity index (χ0n) is 27.4. The molecule has 0 saturated carbocycles. The largest absolute Gasteiger partial charge is 0.300 e. The minimum Gasteiger partial charge on any atom is -0.300 e. The second-order valence-corrected chi connectivity index (χ2v) is 11.8. The van der Waals surface area contributed by atoms with E-state index in [4.69, 9.17) is 10.8 Å². The molecule has 0 radical (unpaired) electrons. The zero-order valence-corrected chi connectivity index (χ0v) is 27.4. The van der Waals surface area contributed by atoms with E-state index in [2.05, 4.69) is 58.5 Å². The number of aliphatic imine (C=N–C) groups is 2. The van der Waals surface area contributed by atoms with Gasteiger partial charge in [0.1, 0.15) is 0 Å². The lowest BCUT2D eigenvalue weighted by Gasteiger charge is -2.14. The first-order chi connectivity index (χ1) is 24.6. The van der Waals surface area contributed by atoms with E-state index in [0.29, 0.717) is 17.1 Å². The summed E-state index contributed by atoms with van der Waals surface area (Å²) in [7, 11) is 0. The Bertz CT molecular complexity index is 2360. The molecule has 0 aliphatic carbocycles. The first-order valence-corrected chi connectivity index (χ1v) is 16.5. The van der Waals surface area contributed by atoms with Crippen molar-refractivity contribution in [2.45, 2.75) is 0 Å². The summed E-state index contributed by atoms with van der Waals surface area (Å²) < 4.78 is 0. The van der Waals surface area contributed by atoms with Gasteiger partial charge in [0.2, 0.25) is 0 Å². The van der Waals surface area contributed by atoms with Crippen molar-refractivity contribution in [3.05, 3.63) is 221 Å². The molecule has 0 heterocycles. The highest BCUT2D eigenvalue weighted by atomic mass is 14.9. The van der Waals surface area contributed by atoms with Crippen LogP contribution in [0.25, 0.3) is 27.5 Å². The van der Waals surface area contributed by atoms with E-state index in [1.165, 1.54) is 0 Å². The molecule has 0 bridgehead atoms. The molecule has 0 unspecified atom stereocenters. The van der Waals surface area contributed by atoms with Crippen molar-refractivity contribution >= 4 is 39.9 Å². The van der Waals surface area contributed by atoms with Crippen LogP contribution in [0.15, 0.2) is 198 Å². The maximum absolute atomic E-state index is 8.94. The number of amidine groups is 2. The van der Waals surface area contributed by atoms with Crippen LogP contribution in [0.4, 0.5) is 0 Å². The second kappa shape index (κ2) is 15.0. The molecular weight excluding hydrogens is 609 g/mol. The van der Waals surface area contributed by atoms with Crippen LogP contribution in [0, 0.1) is 10.8 Å². The lowest BCUT2D eigenvalue weighted by atomic mass is 9.90. The van der Waals surface area contributed by atoms with E-state index >= 15 is 0 Å². The van der Waals surface area contributed by atoms with E-state index < -0.39 is 0 Å². The Balaban J connectivity index is 1.22. The zero-order chi connectivity index (χ0) is 34.1. The number of hydrogen-bond acceptors (Lipinski definition) is 2. The van der Waals surface area contributed by atoms with Crippen molar-refractivity contribution in [1.29, 1.82) is 10.8 Å². The first kappa shape index (κ1) is 31.8. The Hall–Kier alpha value is -6.78. The van der Waals surface area contributed by atoms with Crippen molar-refractivity contribution in [2.24, 2.45) is 9.98 Å². The molecule has 0 aliphatic rings. The molecule has 7 rings (SSSR count). The average molecular weight is 643 g/mol. The predicted octanol–water partition coefficient (Wildman–Crippen LogP) is 10.9. The topological polar surface area (TPSA) is 72.4 Å². The minimum atomic E-state index is 0.139. The van der Waals surface area contributed by atoms with Gasteiger partial charge in [-0.3, -0.25) is 5.41 Å². The molecule has 7 aromatic carbocycles. The summed E-state index contributed by atoms with van der Waals surface area (Å²) in [6.45, 7) is 0. The number of allylic oxidation sites excluding steroid dienone is 1. The molecule has 2 N–H and O–H groups in total. The fourth-order valence-corrected chi connectivity index (χ4v) is 5.89. The summed E-state index contributed by atoms with van der Waals surface area (Å²) in [5.41, 5.74) is 9.05. The van der Waals surface area contributed by atoms with Crippen LogP contribution >= 0.6 is 0 Å². The quantitative estimate of drug-likeness (QED) is 0.122. The van der Waals surface area contributed by atoms with E-state index in [1.807, 2.05) is 140 Å². The molecular formula is C46H34N4. The lowest BCUT2D eigenvalue weighted by molar-refractivity contribution is 1.40. The molecule has 50 heavy (non-hydrogen) atoms. The van der Waals surface area contributed by atoms with Crippen LogP contribution in [0.5, 0.6) is 0 Å². The van der Waals surface area contributed by atoms with Gasteiger partial charge in [-0.15, -0.1) is 0 Å². The van der Waals surface area contributed by atoms with Crippen LogP contribution in [0.3, 0.4) is 0 Å². The highest BCUT2D eigenvalue weighted by Gasteiger charge is 2.13. The molecule has 4 nitrogen and oxygen atoms in total. The van der Waals surface area contributed by atoms with Crippen LogP contribution in [0.1, 0.15) is 33.4 Å². The Morgan fingerprint density at radius 1 is 0.480 bits per heavy atom. The van der Waals surface area contributed by atoms with Gasteiger partial charge < -0.3 is 5.41 Å². The van der Waals surface area contributed by atoms with Crippen molar-refractivity contribution in [2.75, 3.05) is 0 Å². The summed E-state index contributed by atoms with van der Waals surface area (Å²) in [5.74, 6) is 0.619. The highest BCUT2D eigenvalue weighted by molar-refractivity contribution is 6.14. The van der Waals surface area contributed by atoms with Gasteiger partial charge in [0, 0.05) is 17.3 Å². The van der Waals surface area contributed by atoms with E-state index in [1.54, 1.807) is 6.21 Å². The fourth-order valence-electron chi connectivity index (χ4n) is 5.89. The number of benzene rings is 7. The molecule has 238 valence electrons. The Morgan fingerprint density at radius 3 is 1.72 bits per heavy atom. The Labute approximate surface area is 292 Å². The number of fused-ring (bicyclic) bond motifs is 1. The molecule has 0 aliphatic heterocycles. The van der Waals surface area contributed by atoms with Gasteiger partial charge >= 0.3 is 0 Å². The van der Waals surface area contributed by atoms with Gasteiger partial charge in [0.25, 0.3) is 0 Å². The van der Waals surface area contributed by atoms with Gasteiger partial charge in [-0.25, -0.2) is 9.98 Å². The van der Waals surface area contributed by atoms with Crippen LogP contribution in [0.2, 0.25) is 0 Å². The summed E-state index contributed by atoms with van der Waals surface area (Å²) >= 11 is 0. The predicted molar refractivity (Wildman–Crippen MR) is 210 cm³/mol. The number of hydrogen-bond donors (Lipinski definition) is 2. The monoisotopic (exact) mass is 642 g/mol. The average Bonchev–Trinajstić information content (AvgIpc) is 3.19. The molecule has 7 aromatic rings. The standard InChI is InChI=1S/C46H34N4/c47-44(37-18-9-3-10-19-37)31-43(35-16-7-2-8-17-35)41-23-13-22-36-26-29-40(30-42(36)41)34-24-27-38(28-25-34)45(48)50-46(39-20-11-4-12-21-39)49-32-33-14-5-1-6-15-33/h1-32,47-48H/b43-31-,47-44?,48-45?,49-32?,50-46?. The number of rotatable bonds is 8. The molecule has 0 atom stereocenters. The van der Waals surface area contributed by atoms with Crippen molar-refractivity contribution in [1.82, 2.24) is 0 Å². The SMILES string of the molecule is N=C(/C=C(/c1ccccc1)c1cccc2ccc(-c3ccc(C(=N)N=C(N=Cc4ccccc4)c4ccccc4)cc3)cc12)c1ccccc1. The van der Waals surface area contributed by atoms with E-state index in [9.17, 15) is 0 Å². The van der Waals surface area contributed by atoms with Gasteiger partial charge in [-0.05, 0) is 61.9 Å². The molecule has 0 fully saturated rings. The smallest absolute Gasteiger partial charge is 0.161 e. The summed E-state index contributed by atoms with van der Waals surface area (Å²) in [6.07, 6.45) is 3.75. The second-order valence-electron chi connectivity index (χ2n) is 11.8. The summed E-state index contributed by atoms with van der Waals surface area (Å²) in [6, 6.07) is 60.6. The highest BCUT2D eigenvalue weighted by Crippen LogP contribution is 2.33. The minimum absolute atomic E-state index is 0.139. The van der Waals surface area contributed by atoms with Crippen molar-refractivity contribution in [3.8, 4) is 11.1 Å². The number of nitrogens with one attached hydrogen (secondary N) is 2. The molecule has 0 amide bonds. The molecule has 0 aromatic heterocycles. The van der Waals surface area contributed by atoms with Crippen molar-refractivity contribution in [3.63, 3.8) is 0 Å². The molecule has 4 heteroatoms. The molecule has 0 spiro atoms. The first-order valence-electron chi connectivity index (χ1n) is 16.5. The lowest BCUT2D eigenvalue weighted by Crippen LogP contribution is -2.04. The van der Waals surface area contributed by atoms with Crippen molar-refractivity contribution < 1.29 is 0 Å². The van der Waals surface area contributed by atoms with E-state index in [-0.39, 0.29) is 5.84 Å². The Morgan fingerprint density at radius 2 is 1.06 bits per heavy atom. The van der Waals surface area contributed by atoms with Crippen LogP contribution in [-0.2, 0) is 0 Å². The molecule has 0 saturated heterocycles. The van der Waals surface area contributed by atoms with Gasteiger partial charge in [0.05, 0.1) is 5.71 Å². The maximum Gasteiger partial charge on any atom is 0.161 e. The van der Waals surface area contributed by atoms with Gasteiger partial charge in [0.15, 0.2) is 11.7 Å². The van der Waals surface area contributed by atoms with Gasteiger partial charge in [-0.1, -0.05) is 176 Å². The number of nitrogens with zero attached hydrogens (tertiary/aromatic N) is 2. The van der Waals surface area contributed by atoms with E-state index in [0.717, 1.165) is 55.3 Å². The third-order valence-electron chi connectivity index (χ3n) is 8.51. The Kier molecular flexibility index (Phi) is 9.52. The van der Waals surface area contributed by atoms with Crippen LogP contribution < -0.4 is 0 Å². The summed E-state index contributed by atoms with van der Waals surface area (Å²) in [4.78, 5) is 9.33. The third kappa shape index (κ3) is 7.35. The van der Waals surface area contributed by atoms with Crippen LogP contribution in [-0.4, -0.2) is 23.6 Å². The third-order valence-corrected chi connectivity index (χ3v) is 8.51. The fraction of sp³-hybridized carbons (Fsp3) is 0. The summed E-state index contributed by atoms with van der Waals surface area (Å²) in [5, 5.41) is 20.0. The van der Waals surface area contributed by atoms with Gasteiger partial charge in [-0.2, -0.15) is 0 Å².